The van der Waals surface area contributed by atoms with Gasteiger partial charge in [0.25, 0.3) is 5.91 Å². The summed E-state index contributed by atoms with van der Waals surface area (Å²) >= 11 is 0. The lowest BCUT2D eigenvalue weighted by Gasteiger charge is -2.06. The summed E-state index contributed by atoms with van der Waals surface area (Å²) in [6, 6.07) is 8.16. The lowest BCUT2D eigenvalue weighted by molar-refractivity contribution is 0.0949. The van der Waals surface area contributed by atoms with Gasteiger partial charge in [-0.25, -0.2) is 9.97 Å². The number of hydrogen-bond acceptors (Lipinski definition) is 4. The maximum absolute atomic E-state index is 12.2. The molecule has 1 amide bonds. The minimum absolute atomic E-state index is 0.199. The number of carbonyl (C=O) groups excluding carboxylic acids is 1. The lowest BCUT2D eigenvalue weighted by atomic mass is 10.1. The third kappa shape index (κ3) is 4.59. The van der Waals surface area contributed by atoms with Gasteiger partial charge in [0, 0.05) is 30.2 Å². The number of carbonyl (C=O) groups is 1. The Morgan fingerprint density at radius 1 is 1.12 bits per heavy atom. The fourth-order valence-electron chi connectivity index (χ4n) is 2.87. The van der Waals surface area contributed by atoms with Crippen LogP contribution in [0.15, 0.2) is 42.9 Å². The molecule has 0 saturated heterocycles. The summed E-state index contributed by atoms with van der Waals surface area (Å²) in [4.78, 5) is 23.9. The number of aromatic nitrogens is 3. The molecule has 3 N–H and O–H groups in total. The van der Waals surface area contributed by atoms with Crippen molar-refractivity contribution in [1.29, 1.82) is 0 Å². The van der Waals surface area contributed by atoms with E-state index in [1.54, 1.807) is 6.20 Å². The first-order valence-corrected chi connectivity index (χ1v) is 9.17. The van der Waals surface area contributed by atoms with Gasteiger partial charge in [-0.1, -0.05) is 38.0 Å². The first-order chi connectivity index (χ1) is 12.8. The van der Waals surface area contributed by atoms with Crippen LogP contribution in [0.2, 0.25) is 0 Å². The van der Waals surface area contributed by atoms with Crippen LogP contribution in [0.1, 0.15) is 42.2 Å². The molecule has 1 aromatic carbocycles. The largest absolute Gasteiger partial charge is 0.369 e. The summed E-state index contributed by atoms with van der Waals surface area (Å²) < 4.78 is 0. The number of para-hydroxylation sites is 1. The molecular weight excluding hydrogens is 326 g/mol. The van der Waals surface area contributed by atoms with Crippen molar-refractivity contribution in [2.45, 2.75) is 32.6 Å². The monoisotopic (exact) mass is 351 g/mol. The summed E-state index contributed by atoms with van der Waals surface area (Å²) in [7, 11) is 0. The van der Waals surface area contributed by atoms with Crippen LogP contribution in [0.3, 0.4) is 0 Å². The summed E-state index contributed by atoms with van der Waals surface area (Å²) in [5.74, 6) is 0.506. The molecule has 0 spiro atoms. The van der Waals surface area contributed by atoms with Gasteiger partial charge in [0.2, 0.25) is 0 Å². The van der Waals surface area contributed by atoms with E-state index in [-0.39, 0.29) is 5.91 Å². The zero-order valence-electron chi connectivity index (χ0n) is 15.1. The average molecular weight is 351 g/mol. The Morgan fingerprint density at radius 2 is 2.00 bits per heavy atom. The number of nitrogens with zero attached hydrogens (tertiary/aromatic N) is 2. The second-order valence-corrected chi connectivity index (χ2v) is 6.29. The molecule has 0 bridgehead atoms. The minimum Gasteiger partial charge on any atom is -0.369 e. The van der Waals surface area contributed by atoms with E-state index in [9.17, 15) is 4.79 Å². The quantitative estimate of drug-likeness (QED) is 0.515. The minimum atomic E-state index is -0.199. The first-order valence-electron chi connectivity index (χ1n) is 9.17. The van der Waals surface area contributed by atoms with Crippen molar-refractivity contribution in [3.05, 3.63) is 54.1 Å². The molecule has 2 heterocycles. The molecule has 3 aromatic rings. The van der Waals surface area contributed by atoms with Crippen molar-refractivity contribution in [3.8, 4) is 0 Å². The van der Waals surface area contributed by atoms with E-state index in [4.69, 9.17) is 0 Å². The molecule has 0 aliphatic carbocycles. The Labute approximate surface area is 153 Å². The van der Waals surface area contributed by atoms with Gasteiger partial charge in [0.1, 0.15) is 11.5 Å². The zero-order chi connectivity index (χ0) is 18.2. The van der Waals surface area contributed by atoms with Crippen molar-refractivity contribution >= 4 is 22.6 Å². The van der Waals surface area contributed by atoms with E-state index >= 15 is 0 Å². The molecule has 0 atom stereocenters. The Hall–Kier alpha value is -2.89. The van der Waals surface area contributed by atoms with E-state index in [0.717, 1.165) is 24.9 Å². The normalized spacial score (nSPS) is 10.8. The first kappa shape index (κ1) is 17.9. The fraction of sp³-hybridized carbons (Fsp3) is 0.350. The standard InChI is InChI=1S/C20H25N5O/c1-2-3-6-10-21-19-14-24-18(13-25-19)20(26)22-11-9-15-12-23-17-8-5-4-7-16(15)17/h4-5,7-8,12-14,23H,2-3,6,9-11H2,1H3,(H,21,25)(H,22,26). The number of hydrogen-bond donors (Lipinski definition) is 3. The van der Waals surface area contributed by atoms with Crippen LogP contribution in [-0.4, -0.2) is 33.9 Å². The van der Waals surface area contributed by atoms with Gasteiger partial charge in [-0.15, -0.1) is 0 Å². The number of amides is 1. The molecule has 0 radical (unpaired) electrons. The summed E-state index contributed by atoms with van der Waals surface area (Å²) in [6.45, 7) is 3.60. The highest BCUT2D eigenvalue weighted by Gasteiger charge is 2.08. The molecule has 26 heavy (non-hydrogen) atoms. The highest BCUT2D eigenvalue weighted by Crippen LogP contribution is 2.17. The van der Waals surface area contributed by atoms with Crippen molar-refractivity contribution in [3.63, 3.8) is 0 Å². The highest BCUT2D eigenvalue weighted by atomic mass is 16.1. The van der Waals surface area contributed by atoms with Gasteiger partial charge in [-0.2, -0.15) is 0 Å². The van der Waals surface area contributed by atoms with Crippen LogP contribution in [0.4, 0.5) is 5.82 Å². The Morgan fingerprint density at radius 3 is 2.81 bits per heavy atom. The summed E-state index contributed by atoms with van der Waals surface area (Å²) in [5.41, 5.74) is 2.64. The van der Waals surface area contributed by atoms with Crippen molar-refractivity contribution in [2.24, 2.45) is 0 Å². The second kappa shape index (κ2) is 8.99. The fourth-order valence-corrected chi connectivity index (χ4v) is 2.87. The SMILES string of the molecule is CCCCCNc1cnc(C(=O)NCCc2c[nH]c3ccccc23)cn1. The van der Waals surface area contributed by atoms with Crippen LogP contribution in [0.5, 0.6) is 0 Å². The van der Waals surface area contributed by atoms with Gasteiger partial charge >= 0.3 is 0 Å². The van der Waals surface area contributed by atoms with E-state index in [0.29, 0.717) is 18.1 Å². The van der Waals surface area contributed by atoms with Gasteiger partial charge in [0.15, 0.2) is 0 Å². The summed E-state index contributed by atoms with van der Waals surface area (Å²) in [5, 5.41) is 7.32. The Kier molecular flexibility index (Phi) is 6.19. The molecule has 0 saturated carbocycles. The number of nitrogens with one attached hydrogen (secondary N) is 3. The Bertz CT molecular complexity index is 841. The van der Waals surface area contributed by atoms with Gasteiger partial charge in [-0.3, -0.25) is 4.79 Å². The molecule has 6 nitrogen and oxygen atoms in total. The number of unbranched alkanes of at least 4 members (excludes halogenated alkanes) is 2. The third-order valence-electron chi connectivity index (χ3n) is 4.33. The molecule has 0 fully saturated rings. The van der Waals surface area contributed by atoms with Crippen molar-refractivity contribution in [1.82, 2.24) is 20.3 Å². The van der Waals surface area contributed by atoms with Crippen molar-refractivity contribution in [2.75, 3.05) is 18.4 Å². The van der Waals surface area contributed by atoms with Crippen LogP contribution < -0.4 is 10.6 Å². The van der Waals surface area contributed by atoms with Crippen LogP contribution in [0.25, 0.3) is 10.9 Å². The number of H-pyrrole nitrogens is 1. The number of rotatable bonds is 9. The van der Waals surface area contributed by atoms with Gasteiger partial charge in [-0.05, 0) is 24.5 Å². The lowest BCUT2D eigenvalue weighted by Crippen LogP contribution is -2.26. The third-order valence-corrected chi connectivity index (χ3v) is 4.33. The highest BCUT2D eigenvalue weighted by molar-refractivity contribution is 5.92. The predicted octanol–water partition coefficient (Wildman–Crippen LogP) is 3.53. The average Bonchev–Trinajstić information content (AvgIpc) is 3.09. The number of anilines is 1. The number of benzene rings is 1. The van der Waals surface area contributed by atoms with E-state index in [1.165, 1.54) is 30.0 Å². The topological polar surface area (TPSA) is 82.7 Å². The molecule has 136 valence electrons. The molecule has 0 aliphatic rings. The molecule has 0 aliphatic heterocycles. The van der Waals surface area contributed by atoms with Crippen molar-refractivity contribution < 1.29 is 4.79 Å². The van der Waals surface area contributed by atoms with Crippen LogP contribution in [-0.2, 0) is 6.42 Å². The zero-order valence-corrected chi connectivity index (χ0v) is 15.1. The maximum atomic E-state index is 12.2. The molecule has 6 heteroatoms. The van der Waals surface area contributed by atoms with E-state index in [1.807, 2.05) is 24.4 Å². The smallest absolute Gasteiger partial charge is 0.271 e. The molecule has 0 unspecified atom stereocenters. The van der Waals surface area contributed by atoms with Crippen LogP contribution in [0, 0.1) is 0 Å². The summed E-state index contributed by atoms with van der Waals surface area (Å²) in [6.07, 6.45) is 9.37. The molecular formula is C20H25N5O. The Balaban J connectivity index is 1.47. The molecule has 2 aromatic heterocycles. The van der Waals surface area contributed by atoms with Gasteiger partial charge < -0.3 is 15.6 Å². The maximum Gasteiger partial charge on any atom is 0.271 e. The van der Waals surface area contributed by atoms with Crippen LogP contribution >= 0.6 is 0 Å². The number of fused-ring (bicyclic) bond motifs is 1. The van der Waals surface area contributed by atoms with Gasteiger partial charge in [0.05, 0.1) is 12.4 Å². The predicted molar refractivity (Wildman–Crippen MR) is 104 cm³/mol. The molecule has 3 rings (SSSR count). The van der Waals surface area contributed by atoms with E-state index < -0.39 is 0 Å². The number of aromatic amines is 1. The van der Waals surface area contributed by atoms with E-state index in [2.05, 4.69) is 38.6 Å². The second-order valence-electron chi connectivity index (χ2n) is 6.29.